The summed E-state index contributed by atoms with van der Waals surface area (Å²) in [5.74, 6) is 0.239. The second-order valence-electron chi connectivity index (χ2n) is 12.3. The van der Waals surface area contributed by atoms with Crippen LogP contribution in [-0.4, -0.2) is 57.9 Å². The minimum atomic E-state index is -0.984. The highest BCUT2D eigenvalue weighted by Crippen LogP contribution is 2.73. The molecule has 170 valence electrons. The van der Waals surface area contributed by atoms with Gasteiger partial charge in [-0.2, -0.15) is 0 Å². The van der Waals surface area contributed by atoms with Crippen molar-refractivity contribution in [2.75, 3.05) is 0 Å². The average molecular weight is 423 g/mol. The largest absolute Gasteiger partial charge is 0.392 e. The Morgan fingerprint density at radius 1 is 0.900 bits per heavy atom. The summed E-state index contributed by atoms with van der Waals surface area (Å²) in [6, 6.07) is 0. The molecule has 4 bridgehead atoms. The van der Waals surface area contributed by atoms with Gasteiger partial charge in [-0.1, -0.05) is 13.8 Å². The lowest BCUT2D eigenvalue weighted by Crippen LogP contribution is -2.60. The minimum absolute atomic E-state index is 0.0676. The predicted molar refractivity (Wildman–Crippen MR) is 108 cm³/mol. The first-order valence-electron chi connectivity index (χ1n) is 12.0. The van der Waals surface area contributed by atoms with Crippen LogP contribution in [0.25, 0.3) is 0 Å². The molecular formula is C24H38O6. The van der Waals surface area contributed by atoms with Crippen molar-refractivity contribution in [1.82, 2.24) is 0 Å². The Labute approximate surface area is 179 Å². The quantitative estimate of drug-likeness (QED) is 0.625. The predicted octanol–water partition coefficient (Wildman–Crippen LogP) is 2.98. The van der Waals surface area contributed by atoms with Crippen LogP contribution < -0.4 is 0 Å². The fourth-order valence-electron chi connectivity index (χ4n) is 9.64. The molecule has 6 heteroatoms. The number of aliphatic hydroxyl groups is 2. The van der Waals surface area contributed by atoms with E-state index in [1.807, 2.05) is 20.8 Å². The SMILES string of the molecule is CC1O[C@@H]2C[C@@]34C[C@@]5(C)OC(C)O[C@@H]3[C@H]5CC[C@H]4[C@@](C)(O)[C@@H]3C[C@H](O)C(C)(C)[C@@]23O1. The molecule has 2 heterocycles. The summed E-state index contributed by atoms with van der Waals surface area (Å²) in [6.45, 7) is 12.4. The van der Waals surface area contributed by atoms with Crippen LogP contribution in [0.15, 0.2) is 0 Å². The van der Waals surface area contributed by atoms with E-state index in [0.717, 1.165) is 25.7 Å². The number of hydrogen-bond donors (Lipinski definition) is 2. The Morgan fingerprint density at radius 2 is 1.60 bits per heavy atom. The summed E-state index contributed by atoms with van der Waals surface area (Å²) in [6.07, 6.45) is 2.96. The van der Waals surface area contributed by atoms with Crippen molar-refractivity contribution in [2.24, 2.45) is 28.6 Å². The highest BCUT2D eigenvalue weighted by molar-refractivity contribution is 5.28. The highest BCUT2D eigenvalue weighted by Gasteiger charge is 2.80. The molecular weight excluding hydrogens is 384 g/mol. The lowest BCUT2D eigenvalue weighted by molar-refractivity contribution is -0.292. The molecule has 0 radical (unpaired) electrons. The Morgan fingerprint density at radius 3 is 2.33 bits per heavy atom. The van der Waals surface area contributed by atoms with Gasteiger partial charge in [0.1, 0.15) is 5.60 Å². The molecule has 6 rings (SSSR count). The number of hydrogen-bond acceptors (Lipinski definition) is 6. The number of ether oxygens (including phenoxy) is 4. The first-order valence-corrected chi connectivity index (χ1v) is 12.0. The van der Waals surface area contributed by atoms with Gasteiger partial charge in [-0.25, -0.2) is 0 Å². The van der Waals surface area contributed by atoms with Gasteiger partial charge in [0.05, 0.1) is 29.5 Å². The van der Waals surface area contributed by atoms with Gasteiger partial charge in [0, 0.05) is 22.7 Å². The van der Waals surface area contributed by atoms with E-state index < -0.39 is 22.7 Å². The second kappa shape index (κ2) is 5.63. The van der Waals surface area contributed by atoms with Crippen molar-refractivity contribution in [3.8, 4) is 0 Å². The van der Waals surface area contributed by atoms with Crippen molar-refractivity contribution in [1.29, 1.82) is 0 Å². The molecule has 0 aromatic carbocycles. The van der Waals surface area contributed by atoms with Gasteiger partial charge >= 0.3 is 0 Å². The Kier molecular flexibility index (Phi) is 3.82. The van der Waals surface area contributed by atoms with Crippen LogP contribution in [0, 0.1) is 28.6 Å². The molecule has 12 atom stereocenters. The summed E-state index contributed by atoms with van der Waals surface area (Å²) in [7, 11) is 0. The van der Waals surface area contributed by atoms with Crippen molar-refractivity contribution < 1.29 is 29.2 Å². The van der Waals surface area contributed by atoms with Gasteiger partial charge in [-0.15, -0.1) is 0 Å². The third-order valence-corrected chi connectivity index (χ3v) is 10.6. The van der Waals surface area contributed by atoms with Crippen molar-refractivity contribution in [3.63, 3.8) is 0 Å². The van der Waals surface area contributed by atoms with Crippen molar-refractivity contribution >= 4 is 0 Å². The van der Waals surface area contributed by atoms with E-state index in [-0.39, 0.29) is 47.6 Å². The zero-order valence-electron chi connectivity index (χ0n) is 19.2. The molecule has 0 aromatic heterocycles. The molecule has 6 nitrogen and oxygen atoms in total. The molecule has 2 N–H and O–H groups in total. The van der Waals surface area contributed by atoms with Crippen molar-refractivity contribution in [2.45, 2.75) is 121 Å². The summed E-state index contributed by atoms with van der Waals surface area (Å²) >= 11 is 0. The number of rotatable bonds is 0. The lowest BCUT2D eigenvalue weighted by Gasteiger charge is -2.53. The van der Waals surface area contributed by atoms with Gasteiger partial charge in [-0.3, -0.25) is 0 Å². The van der Waals surface area contributed by atoms with Crippen LogP contribution in [0.2, 0.25) is 0 Å². The van der Waals surface area contributed by atoms with E-state index in [1.165, 1.54) is 0 Å². The van der Waals surface area contributed by atoms with Crippen LogP contribution in [0.4, 0.5) is 0 Å². The van der Waals surface area contributed by atoms with E-state index >= 15 is 0 Å². The Hall–Kier alpha value is -0.240. The average Bonchev–Trinajstić information content (AvgIpc) is 3.02. The normalized spacial score (nSPS) is 65.6. The van der Waals surface area contributed by atoms with Crippen molar-refractivity contribution in [3.05, 3.63) is 0 Å². The van der Waals surface area contributed by atoms with Gasteiger partial charge in [-0.05, 0) is 65.7 Å². The van der Waals surface area contributed by atoms with E-state index in [4.69, 9.17) is 18.9 Å². The zero-order chi connectivity index (χ0) is 21.5. The monoisotopic (exact) mass is 422 g/mol. The summed E-state index contributed by atoms with van der Waals surface area (Å²) in [5, 5.41) is 23.4. The molecule has 0 amide bonds. The van der Waals surface area contributed by atoms with E-state index in [2.05, 4.69) is 20.8 Å². The molecule has 6 aliphatic rings. The maximum absolute atomic E-state index is 12.3. The standard InChI is InChI=1S/C24H38O6/c1-12-27-18-10-23-11-21(5)14(19(23)28-13(2)29-21)7-8-15(23)22(6,26)16-9-17(25)20(3,4)24(16,18)30-12/h12-19,25-26H,7-11H2,1-6H3/t12?,13?,14-,15+,16+,17+,18-,19-,21-,22-,23+,24+/m1/s1. The zero-order valence-corrected chi connectivity index (χ0v) is 19.2. The number of aliphatic hydroxyl groups excluding tert-OH is 1. The Bertz CT molecular complexity index is 767. The maximum atomic E-state index is 12.3. The topological polar surface area (TPSA) is 77.4 Å². The van der Waals surface area contributed by atoms with Gasteiger partial charge in [0.15, 0.2) is 12.6 Å². The fourth-order valence-corrected chi connectivity index (χ4v) is 9.64. The minimum Gasteiger partial charge on any atom is -0.392 e. The van der Waals surface area contributed by atoms with Crippen LogP contribution in [0.5, 0.6) is 0 Å². The van der Waals surface area contributed by atoms with E-state index in [0.29, 0.717) is 12.3 Å². The van der Waals surface area contributed by atoms with Gasteiger partial charge in [0.25, 0.3) is 0 Å². The first-order chi connectivity index (χ1) is 13.9. The second-order valence-corrected chi connectivity index (χ2v) is 12.3. The Balaban J connectivity index is 1.55. The fraction of sp³-hybridized carbons (Fsp3) is 1.00. The molecule has 2 saturated heterocycles. The molecule has 0 aromatic rings. The molecule has 2 unspecified atom stereocenters. The van der Waals surface area contributed by atoms with Crippen LogP contribution in [0.1, 0.15) is 73.6 Å². The van der Waals surface area contributed by atoms with Gasteiger partial charge < -0.3 is 29.2 Å². The molecule has 2 aliphatic heterocycles. The summed E-state index contributed by atoms with van der Waals surface area (Å²) in [5.41, 5.74) is -2.63. The summed E-state index contributed by atoms with van der Waals surface area (Å²) in [4.78, 5) is 0. The lowest BCUT2D eigenvalue weighted by atomic mass is 9.57. The van der Waals surface area contributed by atoms with E-state index in [9.17, 15) is 10.2 Å². The van der Waals surface area contributed by atoms with Crippen LogP contribution in [-0.2, 0) is 18.9 Å². The maximum Gasteiger partial charge on any atom is 0.156 e. The molecule has 30 heavy (non-hydrogen) atoms. The molecule has 6 fully saturated rings. The van der Waals surface area contributed by atoms with E-state index in [1.54, 1.807) is 0 Å². The third-order valence-electron chi connectivity index (χ3n) is 10.6. The summed E-state index contributed by atoms with van der Waals surface area (Å²) < 4.78 is 26.0. The highest BCUT2D eigenvalue weighted by atomic mass is 16.7. The van der Waals surface area contributed by atoms with Gasteiger partial charge in [0.2, 0.25) is 0 Å². The third kappa shape index (κ3) is 2.04. The molecule has 4 aliphatic carbocycles. The molecule has 2 spiro atoms. The smallest absolute Gasteiger partial charge is 0.156 e. The van der Waals surface area contributed by atoms with Crippen LogP contribution >= 0.6 is 0 Å². The van der Waals surface area contributed by atoms with Crippen LogP contribution in [0.3, 0.4) is 0 Å². The first kappa shape index (κ1) is 20.4. The molecule has 4 saturated carbocycles.